The first-order valence-corrected chi connectivity index (χ1v) is 8.67. The van der Waals surface area contributed by atoms with Gasteiger partial charge in [-0.1, -0.05) is 18.2 Å². The molecule has 1 aliphatic carbocycles. The molecule has 0 atom stereocenters. The number of hydrogen-bond acceptors (Lipinski definition) is 3. The molecule has 26 heavy (non-hydrogen) atoms. The van der Waals surface area contributed by atoms with Crippen LogP contribution in [0.25, 0.3) is 11.0 Å². The number of carbonyl (C=O) groups excluding carboxylic acids is 2. The molecule has 3 N–H and O–H groups in total. The van der Waals surface area contributed by atoms with E-state index in [1.54, 1.807) is 24.3 Å². The average Bonchev–Trinajstić information content (AvgIpc) is 3.40. The Hall–Kier alpha value is -3.15. The lowest BCUT2D eigenvalue weighted by Gasteiger charge is -2.09. The van der Waals surface area contributed by atoms with E-state index in [1.807, 2.05) is 25.2 Å². The van der Waals surface area contributed by atoms with Crippen LogP contribution in [-0.4, -0.2) is 21.4 Å². The van der Waals surface area contributed by atoms with Crippen molar-refractivity contribution in [2.45, 2.75) is 25.2 Å². The van der Waals surface area contributed by atoms with Crippen molar-refractivity contribution in [1.29, 1.82) is 0 Å². The average molecular weight is 348 g/mol. The normalized spacial score (nSPS) is 13.7. The van der Waals surface area contributed by atoms with Gasteiger partial charge in [0.15, 0.2) is 0 Å². The predicted octanol–water partition coefficient (Wildman–Crippen LogP) is 2.73. The Kier molecular flexibility index (Phi) is 3.95. The van der Waals surface area contributed by atoms with E-state index >= 15 is 0 Å². The van der Waals surface area contributed by atoms with Gasteiger partial charge in [-0.15, -0.1) is 0 Å². The van der Waals surface area contributed by atoms with E-state index in [0.29, 0.717) is 17.2 Å². The van der Waals surface area contributed by atoms with Crippen molar-refractivity contribution < 1.29 is 9.59 Å². The van der Waals surface area contributed by atoms with Crippen LogP contribution in [0.1, 0.15) is 40.5 Å². The topological polar surface area (TPSA) is 90.0 Å². The number of primary amides is 1. The van der Waals surface area contributed by atoms with Crippen LogP contribution in [-0.2, 0) is 18.3 Å². The zero-order valence-corrected chi connectivity index (χ0v) is 14.5. The first-order valence-electron chi connectivity index (χ1n) is 8.67. The molecular formula is C20H20N4O2. The molecule has 1 aromatic heterocycles. The number of anilines is 1. The molecule has 1 aliphatic rings. The number of rotatable bonds is 5. The minimum Gasteiger partial charge on any atom is -0.366 e. The second kappa shape index (κ2) is 6.29. The highest BCUT2D eigenvalue weighted by molar-refractivity contribution is 6.03. The lowest BCUT2D eigenvalue weighted by molar-refractivity contribution is -0.115. The fourth-order valence-corrected chi connectivity index (χ4v) is 3.27. The van der Waals surface area contributed by atoms with Gasteiger partial charge in [0.05, 0.1) is 28.7 Å². The van der Waals surface area contributed by atoms with Crippen molar-refractivity contribution in [3.8, 4) is 0 Å². The molecule has 0 spiro atoms. The number of carbonyl (C=O) groups is 2. The number of nitrogens with two attached hydrogens (primary N) is 1. The number of fused-ring (bicyclic) bond motifs is 1. The van der Waals surface area contributed by atoms with Gasteiger partial charge in [0.1, 0.15) is 5.82 Å². The summed E-state index contributed by atoms with van der Waals surface area (Å²) < 4.78 is 2.14. The van der Waals surface area contributed by atoms with Crippen LogP contribution in [0.15, 0.2) is 42.5 Å². The summed E-state index contributed by atoms with van der Waals surface area (Å²) in [7, 11) is 2.04. The third-order valence-corrected chi connectivity index (χ3v) is 4.75. The maximum absolute atomic E-state index is 12.4. The smallest absolute Gasteiger partial charge is 0.250 e. The number of amides is 2. The molecule has 6 nitrogen and oxygen atoms in total. The van der Waals surface area contributed by atoms with Crippen molar-refractivity contribution in [1.82, 2.24) is 9.55 Å². The van der Waals surface area contributed by atoms with Gasteiger partial charge in [-0.05, 0) is 42.7 Å². The molecular weight excluding hydrogens is 328 g/mol. The molecule has 2 amide bonds. The van der Waals surface area contributed by atoms with Crippen molar-refractivity contribution in [2.24, 2.45) is 12.8 Å². The summed E-state index contributed by atoms with van der Waals surface area (Å²) >= 11 is 0. The molecule has 4 rings (SSSR count). The molecule has 1 fully saturated rings. The van der Waals surface area contributed by atoms with Crippen LogP contribution in [0.2, 0.25) is 0 Å². The lowest BCUT2D eigenvalue weighted by Crippen LogP contribution is -2.19. The lowest BCUT2D eigenvalue weighted by atomic mass is 10.1. The second-order valence-corrected chi connectivity index (χ2v) is 6.76. The second-order valence-electron chi connectivity index (χ2n) is 6.76. The monoisotopic (exact) mass is 348 g/mol. The highest BCUT2D eigenvalue weighted by Gasteiger charge is 2.28. The summed E-state index contributed by atoms with van der Waals surface area (Å²) in [6, 6.07) is 12.6. The highest BCUT2D eigenvalue weighted by Crippen LogP contribution is 2.40. The van der Waals surface area contributed by atoms with Gasteiger partial charge in [-0.3, -0.25) is 9.59 Å². The number of nitrogens with one attached hydrogen (secondary N) is 1. The Labute approximate surface area is 151 Å². The molecule has 0 unspecified atom stereocenters. The van der Waals surface area contributed by atoms with E-state index in [1.165, 1.54) is 12.8 Å². The minimum atomic E-state index is -0.566. The number of nitrogens with zero attached hydrogens (tertiary/aromatic N) is 2. The summed E-state index contributed by atoms with van der Waals surface area (Å²) in [4.78, 5) is 28.6. The Morgan fingerprint density at radius 2 is 2.00 bits per heavy atom. The van der Waals surface area contributed by atoms with Crippen molar-refractivity contribution >= 4 is 28.5 Å². The number of imidazole rings is 1. The summed E-state index contributed by atoms with van der Waals surface area (Å²) in [5.41, 5.74) is 8.96. The number of hydrogen-bond donors (Lipinski definition) is 2. The van der Waals surface area contributed by atoms with Crippen LogP contribution in [0, 0.1) is 0 Å². The van der Waals surface area contributed by atoms with E-state index < -0.39 is 5.91 Å². The fourth-order valence-electron chi connectivity index (χ4n) is 3.27. The predicted molar refractivity (Wildman–Crippen MR) is 100.0 cm³/mol. The number of para-hydroxylation sites is 1. The minimum absolute atomic E-state index is 0.198. The zero-order valence-electron chi connectivity index (χ0n) is 14.5. The quantitative estimate of drug-likeness (QED) is 0.743. The molecule has 2 aromatic carbocycles. The van der Waals surface area contributed by atoms with Gasteiger partial charge in [0.2, 0.25) is 5.91 Å². The Bertz CT molecular complexity index is 1020. The van der Waals surface area contributed by atoms with E-state index in [4.69, 9.17) is 10.7 Å². The fraction of sp³-hybridized carbons (Fsp3) is 0.250. The van der Waals surface area contributed by atoms with Crippen LogP contribution >= 0.6 is 0 Å². The Balaban J connectivity index is 1.53. The van der Waals surface area contributed by atoms with E-state index in [2.05, 4.69) is 9.88 Å². The maximum atomic E-state index is 12.4. The molecule has 1 saturated carbocycles. The van der Waals surface area contributed by atoms with Crippen LogP contribution in [0.3, 0.4) is 0 Å². The molecule has 0 saturated heterocycles. The van der Waals surface area contributed by atoms with Crippen molar-refractivity contribution in [2.75, 3.05) is 5.32 Å². The van der Waals surface area contributed by atoms with Gasteiger partial charge in [-0.25, -0.2) is 4.98 Å². The van der Waals surface area contributed by atoms with Crippen LogP contribution in [0.4, 0.5) is 5.69 Å². The Morgan fingerprint density at radius 3 is 2.73 bits per heavy atom. The molecule has 0 bridgehead atoms. The van der Waals surface area contributed by atoms with E-state index in [-0.39, 0.29) is 12.3 Å². The zero-order chi connectivity index (χ0) is 18.3. The standard InChI is InChI=1S/C20H20N4O2/c1-24-17-9-6-12(10-16(17)23-20(24)13-7-8-13)11-18(25)22-15-5-3-2-4-14(15)19(21)26/h2-6,9-10,13H,7-8,11H2,1H3,(H2,21,26)(H,22,25). The first-order chi connectivity index (χ1) is 12.5. The molecule has 1 heterocycles. The molecule has 6 heteroatoms. The molecule has 0 radical (unpaired) electrons. The number of benzene rings is 2. The van der Waals surface area contributed by atoms with Crippen LogP contribution in [0.5, 0.6) is 0 Å². The van der Waals surface area contributed by atoms with Gasteiger partial charge in [0.25, 0.3) is 5.91 Å². The summed E-state index contributed by atoms with van der Waals surface area (Å²) in [5.74, 6) is 0.932. The number of aryl methyl sites for hydroxylation is 1. The third kappa shape index (κ3) is 3.06. The van der Waals surface area contributed by atoms with Gasteiger partial charge in [-0.2, -0.15) is 0 Å². The van der Waals surface area contributed by atoms with Crippen LogP contribution < -0.4 is 11.1 Å². The Morgan fingerprint density at radius 1 is 1.23 bits per heavy atom. The number of aromatic nitrogens is 2. The summed E-state index contributed by atoms with van der Waals surface area (Å²) in [6.07, 6.45) is 2.61. The SMILES string of the molecule is Cn1c(C2CC2)nc2cc(CC(=O)Nc3ccccc3C(N)=O)ccc21. The highest BCUT2D eigenvalue weighted by atomic mass is 16.2. The molecule has 3 aromatic rings. The van der Waals surface area contributed by atoms with Crippen molar-refractivity contribution in [3.05, 3.63) is 59.4 Å². The van der Waals surface area contributed by atoms with Crippen molar-refractivity contribution in [3.63, 3.8) is 0 Å². The molecule has 0 aliphatic heterocycles. The summed E-state index contributed by atoms with van der Waals surface area (Å²) in [6.45, 7) is 0. The third-order valence-electron chi connectivity index (χ3n) is 4.75. The van der Waals surface area contributed by atoms with E-state index in [0.717, 1.165) is 22.4 Å². The largest absolute Gasteiger partial charge is 0.366 e. The van der Waals surface area contributed by atoms with E-state index in [9.17, 15) is 9.59 Å². The maximum Gasteiger partial charge on any atom is 0.250 e. The van der Waals surface area contributed by atoms with Gasteiger partial charge < -0.3 is 15.6 Å². The first kappa shape index (κ1) is 16.3. The van der Waals surface area contributed by atoms with Gasteiger partial charge in [0, 0.05) is 13.0 Å². The van der Waals surface area contributed by atoms with Gasteiger partial charge >= 0.3 is 0 Å². The molecule has 132 valence electrons. The summed E-state index contributed by atoms with van der Waals surface area (Å²) in [5, 5.41) is 2.77.